The van der Waals surface area contributed by atoms with Gasteiger partial charge in [0.25, 0.3) is 5.91 Å². The lowest BCUT2D eigenvalue weighted by molar-refractivity contribution is 0.0988. The highest BCUT2D eigenvalue weighted by Crippen LogP contribution is 2.23. The number of hydrogen-bond acceptors (Lipinski definition) is 6. The maximum Gasteiger partial charge on any atom is 0.412 e. The number of carbonyl (C=O) groups is 2. The number of ether oxygens (including phenoxy) is 1. The van der Waals surface area contributed by atoms with Crippen LogP contribution in [0.15, 0.2) is 55.0 Å². The average molecular weight is 434 g/mol. The number of aryl methyl sites for hydroxylation is 1. The van der Waals surface area contributed by atoms with Crippen molar-refractivity contribution in [3.63, 3.8) is 0 Å². The molecule has 1 aromatic carbocycles. The van der Waals surface area contributed by atoms with Crippen molar-refractivity contribution in [3.05, 3.63) is 72.2 Å². The summed E-state index contributed by atoms with van der Waals surface area (Å²) in [5, 5.41) is 2.49. The molecule has 0 aliphatic rings. The van der Waals surface area contributed by atoms with Crippen LogP contribution in [0.25, 0.3) is 16.7 Å². The Hall–Kier alpha value is -4.34. The quantitative estimate of drug-likeness (QED) is 0.525. The second kappa shape index (κ2) is 8.42. The molecule has 0 saturated carbocycles. The van der Waals surface area contributed by atoms with Crippen molar-refractivity contribution in [3.8, 4) is 5.69 Å². The summed E-state index contributed by atoms with van der Waals surface area (Å²) in [6, 6.07) is 10.7. The molecule has 3 heterocycles. The Morgan fingerprint density at radius 1 is 1.12 bits per heavy atom. The highest BCUT2D eigenvalue weighted by atomic mass is 19.1. The van der Waals surface area contributed by atoms with E-state index in [1.807, 2.05) is 0 Å². The zero-order valence-electron chi connectivity index (χ0n) is 17.5. The Kier molecular flexibility index (Phi) is 5.50. The van der Waals surface area contributed by atoms with Gasteiger partial charge in [-0.25, -0.2) is 24.1 Å². The number of halogens is 1. The lowest BCUT2D eigenvalue weighted by Gasteiger charge is -2.17. The number of hydrogen-bond donors (Lipinski definition) is 1. The molecule has 0 fully saturated rings. The number of rotatable bonds is 4. The smallest absolute Gasteiger partial charge is 0.412 e. The number of pyridine rings is 2. The molecule has 0 unspecified atom stereocenters. The summed E-state index contributed by atoms with van der Waals surface area (Å²) in [5.41, 5.74) is 3.35. The van der Waals surface area contributed by atoms with Crippen molar-refractivity contribution in [2.45, 2.75) is 6.92 Å². The van der Waals surface area contributed by atoms with E-state index in [0.717, 1.165) is 0 Å². The number of carbonyl (C=O) groups excluding carboxylic acids is 2. The van der Waals surface area contributed by atoms with Crippen LogP contribution in [-0.2, 0) is 4.74 Å². The SMILES string of the molecule is COC(=O)Nc1ccc(-n2cnc3c(C)nc(C(=O)N(C)c4ccc(F)cc4)cc32)cn1. The van der Waals surface area contributed by atoms with Gasteiger partial charge in [-0.1, -0.05) is 0 Å². The summed E-state index contributed by atoms with van der Waals surface area (Å²) >= 11 is 0. The number of methoxy groups -OCH3 is 1. The zero-order chi connectivity index (χ0) is 22.8. The molecule has 10 heteroatoms. The molecular formula is C22H19FN6O3. The fourth-order valence-electron chi connectivity index (χ4n) is 3.20. The summed E-state index contributed by atoms with van der Waals surface area (Å²) in [4.78, 5) is 38.8. The Morgan fingerprint density at radius 2 is 1.88 bits per heavy atom. The van der Waals surface area contributed by atoms with E-state index in [0.29, 0.717) is 33.9 Å². The second-order valence-corrected chi connectivity index (χ2v) is 6.93. The van der Waals surface area contributed by atoms with Crippen molar-refractivity contribution in [1.29, 1.82) is 0 Å². The molecule has 4 aromatic rings. The summed E-state index contributed by atoms with van der Waals surface area (Å²) in [5.74, 6) is -0.389. The van der Waals surface area contributed by atoms with Crippen LogP contribution in [0, 0.1) is 12.7 Å². The van der Waals surface area contributed by atoms with E-state index < -0.39 is 6.09 Å². The third-order valence-corrected chi connectivity index (χ3v) is 4.89. The van der Waals surface area contributed by atoms with E-state index in [2.05, 4.69) is 25.0 Å². The van der Waals surface area contributed by atoms with Gasteiger partial charge in [0.15, 0.2) is 0 Å². The van der Waals surface area contributed by atoms with E-state index in [9.17, 15) is 14.0 Å². The topological polar surface area (TPSA) is 102 Å². The minimum atomic E-state index is -0.617. The number of aromatic nitrogens is 4. The lowest BCUT2D eigenvalue weighted by Crippen LogP contribution is -2.27. The molecule has 0 radical (unpaired) electrons. The highest BCUT2D eigenvalue weighted by molar-refractivity contribution is 6.06. The first kappa shape index (κ1) is 20.9. The molecule has 4 rings (SSSR count). The maximum absolute atomic E-state index is 13.2. The molecular weight excluding hydrogens is 415 g/mol. The van der Waals surface area contributed by atoms with Crippen molar-refractivity contribution >= 4 is 34.5 Å². The zero-order valence-corrected chi connectivity index (χ0v) is 17.5. The molecule has 1 N–H and O–H groups in total. The van der Waals surface area contributed by atoms with Crippen molar-refractivity contribution in [1.82, 2.24) is 19.5 Å². The molecule has 0 aliphatic heterocycles. The van der Waals surface area contributed by atoms with Gasteiger partial charge in [-0.2, -0.15) is 0 Å². The lowest BCUT2D eigenvalue weighted by atomic mass is 10.2. The molecule has 162 valence electrons. The van der Waals surface area contributed by atoms with Gasteiger partial charge in [-0.15, -0.1) is 0 Å². The Labute approximate surface area is 182 Å². The molecule has 9 nitrogen and oxygen atoms in total. The number of fused-ring (bicyclic) bond motifs is 1. The van der Waals surface area contributed by atoms with Crippen LogP contribution >= 0.6 is 0 Å². The van der Waals surface area contributed by atoms with E-state index >= 15 is 0 Å². The monoisotopic (exact) mass is 434 g/mol. The first-order valence-corrected chi connectivity index (χ1v) is 9.57. The summed E-state index contributed by atoms with van der Waals surface area (Å²) in [6.45, 7) is 1.77. The third-order valence-electron chi connectivity index (χ3n) is 4.89. The minimum absolute atomic E-state index is 0.223. The normalized spacial score (nSPS) is 10.8. The maximum atomic E-state index is 13.2. The number of anilines is 2. The largest absolute Gasteiger partial charge is 0.453 e. The molecule has 0 bridgehead atoms. The van der Waals surface area contributed by atoms with Crippen LogP contribution in [0.4, 0.5) is 20.7 Å². The number of nitrogens with zero attached hydrogens (tertiary/aromatic N) is 5. The summed E-state index contributed by atoms with van der Waals surface area (Å²) in [6.07, 6.45) is 2.56. The second-order valence-electron chi connectivity index (χ2n) is 6.93. The number of imidazole rings is 1. The van der Waals surface area contributed by atoms with Gasteiger partial charge in [0.1, 0.15) is 29.2 Å². The minimum Gasteiger partial charge on any atom is -0.453 e. The fourth-order valence-corrected chi connectivity index (χ4v) is 3.20. The Bertz CT molecular complexity index is 1300. The Morgan fingerprint density at radius 3 is 2.53 bits per heavy atom. The van der Waals surface area contributed by atoms with E-state index in [4.69, 9.17) is 0 Å². The van der Waals surface area contributed by atoms with E-state index in [-0.39, 0.29) is 17.4 Å². The van der Waals surface area contributed by atoms with Gasteiger partial charge in [0.2, 0.25) is 0 Å². The van der Waals surface area contributed by atoms with Crippen LogP contribution in [0.2, 0.25) is 0 Å². The van der Waals surface area contributed by atoms with Crippen molar-refractivity contribution < 1.29 is 18.7 Å². The number of benzene rings is 1. The molecule has 0 aliphatic carbocycles. The van der Waals surface area contributed by atoms with Gasteiger partial charge in [0, 0.05) is 12.7 Å². The van der Waals surface area contributed by atoms with Gasteiger partial charge < -0.3 is 9.64 Å². The van der Waals surface area contributed by atoms with Crippen LogP contribution in [-0.4, -0.2) is 45.7 Å². The summed E-state index contributed by atoms with van der Waals surface area (Å²) in [7, 11) is 2.87. The van der Waals surface area contributed by atoms with Gasteiger partial charge in [-0.05, 0) is 49.4 Å². The molecule has 32 heavy (non-hydrogen) atoms. The van der Waals surface area contributed by atoms with Crippen LogP contribution in [0.5, 0.6) is 0 Å². The first-order chi connectivity index (χ1) is 15.4. The highest BCUT2D eigenvalue weighted by Gasteiger charge is 2.19. The molecule has 0 atom stereocenters. The van der Waals surface area contributed by atoms with Crippen molar-refractivity contribution in [2.75, 3.05) is 24.4 Å². The van der Waals surface area contributed by atoms with Crippen molar-refractivity contribution in [2.24, 2.45) is 0 Å². The van der Waals surface area contributed by atoms with Gasteiger partial charge in [0.05, 0.1) is 30.2 Å². The van der Waals surface area contributed by atoms with Crippen LogP contribution in [0.1, 0.15) is 16.2 Å². The number of nitrogens with one attached hydrogen (secondary N) is 1. The van der Waals surface area contributed by atoms with E-state index in [1.54, 1.807) is 49.3 Å². The predicted octanol–water partition coefficient (Wildman–Crippen LogP) is 3.72. The molecule has 3 aromatic heterocycles. The van der Waals surface area contributed by atoms with Gasteiger partial charge in [-0.3, -0.25) is 14.7 Å². The third kappa shape index (κ3) is 3.97. The first-order valence-electron chi connectivity index (χ1n) is 9.57. The predicted molar refractivity (Wildman–Crippen MR) is 117 cm³/mol. The molecule has 0 spiro atoms. The molecule has 2 amide bonds. The standard InChI is InChI=1S/C22H19FN6O3/c1-13-20-18(10-17(26-13)21(30)28(2)15-6-4-14(23)5-7-15)29(12-25-20)16-8-9-19(24-11-16)27-22(31)32-3/h4-12H,1-3H3,(H,24,27,31). The van der Waals surface area contributed by atoms with Crippen LogP contribution < -0.4 is 10.2 Å². The van der Waals surface area contributed by atoms with Gasteiger partial charge >= 0.3 is 6.09 Å². The van der Waals surface area contributed by atoms with Crippen LogP contribution in [0.3, 0.4) is 0 Å². The molecule has 0 saturated heterocycles. The average Bonchev–Trinajstić information content (AvgIpc) is 3.23. The summed E-state index contributed by atoms with van der Waals surface area (Å²) < 4.78 is 19.5. The number of amides is 2. The fraction of sp³-hybridized carbons (Fsp3) is 0.136. The van der Waals surface area contributed by atoms with E-state index in [1.165, 1.54) is 36.3 Å². The Balaban J connectivity index is 1.69.